The van der Waals surface area contributed by atoms with Crippen LogP contribution in [0.3, 0.4) is 0 Å². The van der Waals surface area contributed by atoms with E-state index < -0.39 is 9.53 Å². The first-order chi connectivity index (χ1) is 19.8. The van der Waals surface area contributed by atoms with Crippen LogP contribution in [0.15, 0.2) is 0 Å². The van der Waals surface area contributed by atoms with Crippen molar-refractivity contribution in [3.05, 3.63) is 0 Å². The lowest BCUT2D eigenvalue weighted by molar-refractivity contribution is -0.103. The molecule has 3 N–H and O–H groups in total. The summed E-state index contributed by atoms with van der Waals surface area (Å²) >= 11 is 0. The second kappa shape index (κ2) is 13.6. The first-order valence-corrected chi connectivity index (χ1v) is 19.6. The second-order valence-corrected chi connectivity index (χ2v) is 18.1. The molecule has 12 atom stereocenters. The molecule has 254 valence electrons. The maximum absolute atomic E-state index is 7.32. The van der Waals surface area contributed by atoms with E-state index in [9.17, 15) is 0 Å². The number of hydrogen-bond donors (Lipinski definition) is 3. The van der Waals surface area contributed by atoms with Crippen LogP contribution in [0, 0.1) is 17.8 Å². The lowest BCUT2D eigenvalue weighted by Crippen LogP contribution is -2.69. The predicted molar refractivity (Wildman–Crippen MR) is 185 cm³/mol. The highest BCUT2D eigenvalue weighted by molar-refractivity contribution is 6.36. The molecule has 3 saturated heterocycles. The topological polar surface area (TPSA) is 63.8 Å². The van der Waals surface area contributed by atoms with Gasteiger partial charge in [0.2, 0.25) is 0 Å². The minimum absolute atomic E-state index is 0.0137. The summed E-state index contributed by atoms with van der Waals surface area (Å²) < 4.78 is 22.0. The first kappa shape index (κ1) is 37.4. The smallest absolute Gasteiger partial charge is 0.372 e. The fraction of sp³-hybridized carbons (Fsp3) is 1.00. The largest absolute Gasteiger partial charge is 0.484 e. The van der Waals surface area contributed by atoms with Gasteiger partial charge < -0.3 is 29.2 Å². The molecule has 0 saturated carbocycles. The fourth-order valence-corrected chi connectivity index (χ4v) is 10.7. The van der Waals surface area contributed by atoms with Crippen molar-refractivity contribution in [1.82, 2.24) is 16.0 Å². The Hall–Kier alpha value is -0.0231. The van der Waals surface area contributed by atoms with E-state index in [4.69, 9.17) is 13.3 Å². The maximum atomic E-state index is 7.32. The summed E-state index contributed by atoms with van der Waals surface area (Å²) in [5.74, 6) is 1.08. The zero-order valence-corrected chi connectivity index (χ0v) is 32.3. The molecule has 3 rings (SSSR count). The Morgan fingerprint density at radius 3 is 0.884 bits per heavy atom. The molecule has 0 aromatic carbocycles. The molecule has 3 heterocycles. The number of hydrogen-bond acceptors (Lipinski definition) is 6. The molecule has 0 radical (unpaired) electrons. The maximum Gasteiger partial charge on any atom is 0.484 e. The Kier molecular flexibility index (Phi) is 11.8. The van der Waals surface area contributed by atoms with Crippen molar-refractivity contribution in [1.29, 1.82) is 0 Å². The Morgan fingerprint density at radius 1 is 0.465 bits per heavy atom. The van der Waals surface area contributed by atoms with E-state index in [0.717, 1.165) is 57.8 Å². The Morgan fingerprint density at radius 2 is 0.698 bits per heavy atom. The minimum Gasteiger partial charge on any atom is -0.372 e. The molecule has 12 unspecified atom stereocenters. The molecule has 0 spiro atoms. The summed E-state index contributed by atoms with van der Waals surface area (Å²) in [6.07, 6.45) is 9.71. The van der Waals surface area contributed by atoms with E-state index in [2.05, 4.69) is 120 Å². The van der Waals surface area contributed by atoms with Crippen LogP contribution in [0.25, 0.3) is 0 Å². The van der Waals surface area contributed by atoms with Crippen LogP contribution in [0.2, 0.25) is 0 Å². The summed E-state index contributed by atoms with van der Waals surface area (Å²) in [5, 5.41) is 12.1. The average Bonchev–Trinajstić information content (AvgIpc) is 2.96. The van der Waals surface area contributed by atoms with Gasteiger partial charge in [0.25, 0.3) is 0 Å². The lowest BCUT2D eigenvalue weighted by Gasteiger charge is -2.56. The Bertz CT molecular complexity index is 812. The molecule has 7 heteroatoms. The molecular weight excluding hydrogens is 551 g/mol. The average molecular weight is 624 g/mol. The van der Waals surface area contributed by atoms with Crippen molar-refractivity contribution in [3.8, 4) is 0 Å². The molecule has 3 fully saturated rings. The zero-order chi connectivity index (χ0) is 32.6. The fourth-order valence-electron chi connectivity index (χ4n) is 8.61. The molecule has 0 amide bonds. The summed E-state index contributed by atoms with van der Waals surface area (Å²) in [5.41, 5.74) is 0.149. The third kappa shape index (κ3) is 7.76. The third-order valence-electron chi connectivity index (χ3n) is 13.8. The van der Waals surface area contributed by atoms with E-state index in [1.165, 1.54) is 0 Å². The van der Waals surface area contributed by atoms with Gasteiger partial charge in [-0.05, 0) is 117 Å². The molecule has 43 heavy (non-hydrogen) atoms. The van der Waals surface area contributed by atoms with Crippen LogP contribution in [0.1, 0.15) is 162 Å². The molecule has 0 bridgehead atoms. The van der Waals surface area contributed by atoms with Gasteiger partial charge in [0.1, 0.15) is 0 Å². The third-order valence-corrected chi connectivity index (χ3v) is 15.5. The van der Waals surface area contributed by atoms with Crippen LogP contribution in [-0.4, -0.2) is 61.1 Å². The summed E-state index contributed by atoms with van der Waals surface area (Å²) in [7, 11) is -2.57. The van der Waals surface area contributed by atoms with E-state index in [1.807, 2.05) is 0 Å². The van der Waals surface area contributed by atoms with Crippen LogP contribution in [0.4, 0.5) is 0 Å². The predicted octanol–water partition coefficient (Wildman–Crippen LogP) is 7.76. The molecule has 0 aromatic heterocycles. The van der Waals surface area contributed by atoms with Crippen LogP contribution in [0.5, 0.6) is 0 Å². The molecule has 6 nitrogen and oxygen atoms in total. The van der Waals surface area contributed by atoms with Crippen LogP contribution >= 0.6 is 0 Å². The molecule has 0 aromatic rings. The van der Waals surface area contributed by atoms with Crippen LogP contribution in [-0.2, 0) is 13.3 Å². The van der Waals surface area contributed by atoms with E-state index in [0.29, 0.717) is 17.8 Å². The van der Waals surface area contributed by atoms with E-state index in [1.54, 1.807) is 0 Å². The van der Waals surface area contributed by atoms with Gasteiger partial charge in [0.05, 0.1) is 18.3 Å². The number of nitrogens with one attached hydrogen (secondary N) is 3. The first-order valence-electron chi connectivity index (χ1n) is 18.2. The van der Waals surface area contributed by atoms with Gasteiger partial charge in [0.15, 0.2) is 0 Å². The Labute approximate surface area is 269 Å². The van der Waals surface area contributed by atoms with Crippen molar-refractivity contribution in [2.45, 2.75) is 213 Å². The lowest BCUT2D eigenvalue weighted by atomic mass is 9.70. The van der Waals surface area contributed by atoms with Gasteiger partial charge in [-0.1, -0.05) is 62.3 Å². The summed E-state index contributed by atoms with van der Waals surface area (Å²) in [6.45, 7) is 35.3. The monoisotopic (exact) mass is 624 g/mol. The highest BCUT2D eigenvalue weighted by Crippen LogP contribution is 2.43. The van der Waals surface area contributed by atoms with Crippen molar-refractivity contribution in [2.24, 2.45) is 17.8 Å². The van der Waals surface area contributed by atoms with Crippen molar-refractivity contribution in [2.75, 3.05) is 0 Å². The van der Waals surface area contributed by atoms with Gasteiger partial charge in [-0.25, -0.2) is 0 Å². The standard InChI is InChI=1S/C36H73N3O3Si/c1-16-31(10)22-28(25(7)34(13,19-4)37-31)40-43(41-29-23-32(11,17-2)38-35(14,20-5)26(29)8)42-30-24-33(12,18-3)39-36(15,21-6)27(30)9/h25-30,37-39,43H,16-24H2,1-15H3. The van der Waals surface area contributed by atoms with Crippen molar-refractivity contribution < 1.29 is 13.3 Å². The molecular formula is C36H73N3O3Si. The molecule has 0 aliphatic carbocycles. The molecule has 3 aliphatic heterocycles. The second-order valence-electron chi connectivity index (χ2n) is 16.7. The molecule has 3 aliphatic rings. The Balaban J connectivity index is 2.01. The minimum atomic E-state index is -2.57. The van der Waals surface area contributed by atoms with E-state index in [-0.39, 0.29) is 51.5 Å². The number of piperidine rings is 3. The quantitative estimate of drug-likeness (QED) is 0.193. The highest BCUT2D eigenvalue weighted by atomic mass is 28.3. The number of rotatable bonds is 12. The van der Waals surface area contributed by atoms with Crippen molar-refractivity contribution >= 4 is 9.53 Å². The van der Waals surface area contributed by atoms with Crippen molar-refractivity contribution in [3.63, 3.8) is 0 Å². The van der Waals surface area contributed by atoms with E-state index >= 15 is 0 Å². The SMILES string of the molecule is CCC1(C)CC(O[SiH](OC2CC(C)(CC)NC(C)(CC)C2C)OC2CC(C)(CC)NC(C)(CC)C2C)C(C)C(C)(CC)N1. The van der Waals surface area contributed by atoms with Gasteiger partial charge >= 0.3 is 9.53 Å². The summed E-state index contributed by atoms with van der Waals surface area (Å²) in [4.78, 5) is 0. The normalized spacial score (nSPS) is 50.0. The van der Waals surface area contributed by atoms with Gasteiger partial charge in [-0.15, -0.1) is 0 Å². The summed E-state index contributed by atoms with van der Waals surface area (Å²) in [6, 6.07) is 0. The van der Waals surface area contributed by atoms with Crippen LogP contribution < -0.4 is 16.0 Å². The highest BCUT2D eigenvalue weighted by Gasteiger charge is 2.53. The van der Waals surface area contributed by atoms with Gasteiger partial charge in [-0.3, -0.25) is 0 Å². The van der Waals surface area contributed by atoms with Gasteiger partial charge in [-0.2, -0.15) is 0 Å². The van der Waals surface area contributed by atoms with Gasteiger partial charge in [0, 0.05) is 33.2 Å². The zero-order valence-electron chi connectivity index (χ0n) is 31.1.